The minimum Gasteiger partial charge on any atom is -0.399 e. The van der Waals surface area contributed by atoms with Gasteiger partial charge in [-0.15, -0.1) is 5.10 Å². The number of nitrogens with zero attached hydrogens (tertiary/aromatic N) is 3. The summed E-state index contributed by atoms with van der Waals surface area (Å²) in [5, 5.41) is 4.10. The fraction of sp³-hybridized carbons (Fsp3) is 0.357. The summed E-state index contributed by atoms with van der Waals surface area (Å²) < 4.78 is 3.92. The summed E-state index contributed by atoms with van der Waals surface area (Å²) in [5.74, 6) is -0.102. The molecule has 0 radical (unpaired) electrons. The first-order valence-corrected chi connectivity index (χ1v) is 7.04. The van der Waals surface area contributed by atoms with E-state index in [1.165, 1.54) is 0 Å². The molecule has 20 heavy (non-hydrogen) atoms. The minimum absolute atomic E-state index is 0.102. The second-order valence-corrected chi connectivity index (χ2v) is 6.41. The van der Waals surface area contributed by atoms with Gasteiger partial charge in [-0.25, -0.2) is 0 Å². The Morgan fingerprint density at radius 1 is 1.25 bits per heavy atom. The molecule has 0 aliphatic carbocycles. The van der Waals surface area contributed by atoms with E-state index in [1.807, 2.05) is 32.9 Å². The molecule has 2 aromatic rings. The highest BCUT2D eigenvalue weighted by molar-refractivity contribution is 7.08. The number of hydrogen-bond acceptors (Lipinski definition) is 5. The van der Waals surface area contributed by atoms with Crippen molar-refractivity contribution in [3.63, 3.8) is 0 Å². The Hall–Kier alpha value is -1.95. The van der Waals surface area contributed by atoms with Crippen LogP contribution < -0.4 is 10.6 Å². The SMILES string of the molecule is CN(C(=O)c1snnc1C(C)(C)C)c1ccc(N)cc1. The zero-order valence-corrected chi connectivity index (χ0v) is 12.9. The molecule has 0 aliphatic rings. The first-order valence-electron chi connectivity index (χ1n) is 6.27. The van der Waals surface area contributed by atoms with Gasteiger partial charge in [0.05, 0.1) is 5.69 Å². The molecule has 1 amide bonds. The normalized spacial score (nSPS) is 11.4. The van der Waals surface area contributed by atoms with Crippen molar-refractivity contribution in [1.29, 1.82) is 0 Å². The fourth-order valence-electron chi connectivity index (χ4n) is 1.79. The lowest BCUT2D eigenvalue weighted by molar-refractivity contribution is 0.0994. The summed E-state index contributed by atoms with van der Waals surface area (Å²) in [6.07, 6.45) is 0. The van der Waals surface area contributed by atoms with E-state index in [0.717, 1.165) is 22.9 Å². The molecule has 0 saturated carbocycles. The first-order chi connectivity index (χ1) is 9.30. The van der Waals surface area contributed by atoms with Crippen LogP contribution in [0.25, 0.3) is 0 Å². The lowest BCUT2D eigenvalue weighted by Gasteiger charge is -2.20. The number of benzene rings is 1. The fourth-order valence-corrected chi connectivity index (χ4v) is 2.64. The van der Waals surface area contributed by atoms with Crippen molar-refractivity contribution < 1.29 is 4.79 Å². The highest BCUT2D eigenvalue weighted by atomic mass is 32.1. The minimum atomic E-state index is -0.208. The van der Waals surface area contributed by atoms with Gasteiger partial charge >= 0.3 is 0 Å². The van der Waals surface area contributed by atoms with E-state index in [4.69, 9.17) is 5.73 Å². The second-order valence-electron chi connectivity index (χ2n) is 5.66. The molecule has 0 aliphatic heterocycles. The monoisotopic (exact) mass is 290 g/mol. The maximum absolute atomic E-state index is 12.6. The highest BCUT2D eigenvalue weighted by Crippen LogP contribution is 2.28. The second kappa shape index (κ2) is 5.20. The third-order valence-corrected chi connectivity index (χ3v) is 3.69. The van der Waals surface area contributed by atoms with Crippen molar-refractivity contribution in [1.82, 2.24) is 9.59 Å². The average Bonchev–Trinajstić information content (AvgIpc) is 2.87. The molecule has 1 aromatic heterocycles. The molecule has 0 fully saturated rings. The molecule has 0 bridgehead atoms. The third-order valence-electron chi connectivity index (χ3n) is 2.98. The van der Waals surface area contributed by atoms with E-state index >= 15 is 0 Å². The molecular formula is C14H18N4OS. The zero-order valence-electron chi connectivity index (χ0n) is 12.0. The van der Waals surface area contributed by atoms with Gasteiger partial charge in [-0.1, -0.05) is 25.3 Å². The van der Waals surface area contributed by atoms with Crippen molar-refractivity contribution in [3.8, 4) is 0 Å². The van der Waals surface area contributed by atoms with E-state index in [9.17, 15) is 4.79 Å². The Balaban J connectivity index is 2.32. The molecule has 0 unspecified atom stereocenters. The maximum atomic E-state index is 12.6. The van der Waals surface area contributed by atoms with Gasteiger partial charge in [0.1, 0.15) is 4.88 Å². The van der Waals surface area contributed by atoms with Crippen LogP contribution >= 0.6 is 11.5 Å². The Labute approximate surface area is 122 Å². The number of rotatable bonds is 2. The predicted octanol–water partition coefficient (Wildman–Crippen LogP) is 2.69. The van der Waals surface area contributed by atoms with Gasteiger partial charge in [0.15, 0.2) is 0 Å². The molecule has 5 nitrogen and oxygen atoms in total. The molecular weight excluding hydrogens is 272 g/mol. The predicted molar refractivity (Wildman–Crippen MR) is 82.2 cm³/mol. The van der Waals surface area contributed by atoms with Crippen LogP contribution in [0.2, 0.25) is 0 Å². The smallest absolute Gasteiger partial charge is 0.271 e. The lowest BCUT2D eigenvalue weighted by atomic mass is 9.91. The third kappa shape index (κ3) is 2.80. The van der Waals surface area contributed by atoms with Crippen LogP contribution in [0.15, 0.2) is 24.3 Å². The lowest BCUT2D eigenvalue weighted by Crippen LogP contribution is -2.28. The number of carbonyl (C=O) groups excluding carboxylic acids is 1. The molecule has 0 saturated heterocycles. The maximum Gasteiger partial charge on any atom is 0.271 e. The number of aromatic nitrogens is 2. The number of nitrogen functional groups attached to an aromatic ring is 1. The Morgan fingerprint density at radius 2 is 1.85 bits per heavy atom. The van der Waals surface area contributed by atoms with Crippen molar-refractivity contribution >= 4 is 28.8 Å². The van der Waals surface area contributed by atoms with E-state index < -0.39 is 0 Å². The molecule has 106 valence electrons. The van der Waals surface area contributed by atoms with Crippen molar-refractivity contribution in [2.75, 3.05) is 17.7 Å². The van der Waals surface area contributed by atoms with Crippen LogP contribution in [0.1, 0.15) is 36.1 Å². The Kier molecular flexibility index (Phi) is 3.76. The summed E-state index contributed by atoms with van der Waals surface area (Å²) in [7, 11) is 1.74. The van der Waals surface area contributed by atoms with Crippen LogP contribution in [-0.2, 0) is 5.41 Å². The van der Waals surface area contributed by atoms with E-state index in [-0.39, 0.29) is 11.3 Å². The summed E-state index contributed by atoms with van der Waals surface area (Å²) in [5.41, 5.74) is 7.64. The average molecular weight is 290 g/mol. The van der Waals surface area contributed by atoms with E-state index in [2.05, 4.69) is 9.59 Å². The van der Waals surface area contributed by atoms with Gasteiger partial charge in [-0.2, -0.15) is 0 Å². The number of nitrogens with two attached hydrogens (primary N) is 1. The zero-order chi connectivity index (χ0) is 14.9. The highest BCUT2D eigenvalue weighted by Gasteiger charge is 2.28. The topological polar surface area (TPSA) is 72.1 Å². The van der Waals surface area contributed by atoms with Gasteiger partial charge in [-0.3, -0.25) is 4.79 Å². The largest absolute Gasteiger partial charge is 0.399 e. The quantitative estimate of drug-likeness (QED) is 0.863. The van der Waals surface area contributed by atoms with E-state index in [1.54, 1.807) is 24.1 Å². The molecule has 1 heterocycles. The number of hydrogen-bond donors (Lipinski definition) is 1. The van der Waals surface area contributed by atoms with Crippen LogP contribution in [-0.4, -0.2) is 22.5 Å². The first kappa shape index (κ1) is 14.5. The standard InChI is InChI=1S/C14H18N4OS/c1-14(2,3)12-11(20-17-16-12)13(19)18(4)10-7-5-9(15)6-8-10/h5-8H,15H2,1-4H3. The molecule has 2 N–H and O–H groups in total. The Bertz CT molecular complexity index is 613. The summed E-state index contributed by atoms with van der Waals surface area (Å²) in [6, 6.07) is 7.18. The summed E-state index contributed by atoms with van der Waals surface area (Å²) >= 11 is 1.13. The van der Waals surface area contributed by atoms with E-state index in [0.29, 0.717) is 10.6 Å². The molecule has 6 heteroatoms. The van der Waals surface area contributed by atoms with Gasteiger partial charge in [-0.05, 0) is 35.8 Å². The molecule has 0 spiro atoms. The van der Waals surface area contributed by atoms with Crippen LogP contribution in [0.3, 0.4) is 0 Å². The summed E-state index contributed by atoms with van der Waals surface area (Å²) in [4.78, 5) is 14.8. The number of anilines is 2. The molecule has 1 aromatic carbocycles. The van der Waals surface area contributed by atoms with Crippen LogP contribution in [0, 0.1) is 0 Å². The van der Waals surface area contributed by atoms with Crippen molar-refractivity contribution in [2.24, 2.45) is 0 Å². The molecule has 0 atom stereocenters. The number of amides is 1. The van der Waals surface area contributed by atoms with Crippen LogP contribution in [0.5, 0.6) is 0 Å². The Morgan fingerprint density at radius 3 is 2.40 bits per heavy atom. The van der Waals surface area contributed by atoms with Gasteiger partial charge in [0.25, 0.3) is 5.91 Å². The van der Waals surface area contributed by atoms with Crippen molar-refractivity contribution in [3.05, 3.63) is 34.8 Å². The van der Waals surface area contributed by atoms with Crippen molar-refractivity contribution in [2.45, 2.75) is 26.2 Å². The molecule has 2 rings (SSSR count). The van der Waals surface area contributed by atoms with Gasteiger partial charge in [0, 0.05) is 23.8 Å². The van der Waals surface area contributed by atoms with Crippen LogP contribution in [0.4, 0.5) is 11.4 Å². The summed E-state index contributed by atoms with van der Waals surface area (Å²) in [6.45, 7) is 6.05. The number of carbonyl (C=O) groups is 1. The van der Waals surface area contributed by atoms with Gasteiger partial charge in [0.2, 0.25) is 0 Å². The van der Waals surface area contributed by atoms with Gasteiger partial charge < -0.3 is 10.6 Å².